The predicted molar refractivity (Wildman–Crippen MR) is 452 cm³/mol. The zero-order valence-electron chi connectivity index (χ0n) is 59.8. The van der Waals surface area contributed by atoms with Crippen molar-refractivity contribution < 1.29 is 0 Å². The molecular formula is C100H63N11. The third kappa shape index (κ3) is 11.5. The maximum Gasteiger partial charge on any atom is 0.164 e. The van der Waals surface area contributed by atoms with Crippen molar-refractivity contribution in [1.82, 2.24) is 53.6 Å². The molecule has 0 saturated carbocycles. The Morgan fingerprint density at radius 1 is 0.153 bits per heavy atom. The number of rotatable bonds is 14. The molecule has 0 radical (unpaired) electrons. The van der Waals surface area contributed by atoms with Crippen LogP contribution in [0.2, 0.25) is 0 Å². The van der Waals surface area contributed by atoms with Gasteiger partial charge in [-0.15, -0.1) is 0 Å². The largest absolute Gasteiger partial charge is 0.309 e. The van der Waals surface area contributed by atoms with E-state index in [0.29, 0.717) is 40.8 Å². The van der Waals surface area contributed by atoms with Gasteiger partial charge in [-0.05, 0) is 114 Å². The topological polar surface area (TPSA) is 118 Å². The third-order valence-corrected chi connectivity index (χ3v) is 21.1. The molecule has 518 valence electrons. The van der Waals surface area contributed by atoms with Crippen LogP contribution in [0.5, 0.6) is 0 Å². The van der Waals surface area contributed by atoms with Gasteiger partial charge in [0.05, 0.1) is 50.2 Å². The summed E-state index contributed by atoms with van der Waals surface area (Å²) >= 11 is 0. The molecule has 111 heavy (non-hydrogen) atoms. The second-order valence-corrected chi connectivity index (χ2v) is 27.8. The second-order valence-electron chi connectivity index (χ2n) is 27.8. The summed E-state index contributed by atoms with van der Waals surface area (Å²) in [5.41, 5.74) is 22.6. The number of fused-ring (bicyclic) bond motifs is 9. The van der Waals surface area contributed by atoms with Crippen molar-refractivity contribution >= 4 is 65.4 Å². The minimum atomic E-state index is 0.531. The van der Waals surface area contributed by atoms with Crippen molar-refractivity contribution in [2.45, 2.75) is 0 Å². The lowest BCUT2D eigenvalue weighted by Gasteiger charge is -2.22. The van der Waals surface area contributed by atoms with Crippen molar-refractivity contribution in [2.24, 2.45) is 0 Å². The SMILES string of the molecule is c1ccc(-c2cc(-c3cc(-c4cccc(-n5c6ccccc6c6ccccc65)c4)c(-n4c5ccc(-c6nc(-c7ccccc7)nc(-c7ccccc7)n6)cc5c5cc(-c6nc(-c7ccccc7)nc(-c7ccccc7)n6)ccc54)c(-c4cccc(-n5c6ccccc6c6ccccc65)c4)c3)nc(-c3ccccc3)n2)cc1. The molecule has 21 rings (SSSR count). The highest BCUT2D eigenvalue weighted by molar-refractivity contribution is 6.14. The molecule has 6 heterocycles. The van der Waals surface area contributed by atoms with E-state index in [1.165, 1.54) is 21.5 Å². The first-order chi connectivity index (χ1) is 55.0. The van der Waals surface area contributed by atoms with Crippen LogP contribution in [0.15, 0.2) is 382 Å². The second kappa shape index (κ2) is 27.0. The number of hydrogen-bond acceptors (Lipinski definition) is 8. The van der Waals surface area contributed by atoms with Crippen molar-refractivity contribution in [2.75, 3.05) is 0 Å². The van der Waals surface area contributed by atoms with Crippen LogP contribution in [0.25, 0.3) is 207 Å². The Bertz CT molecular complexity index is 6540. The minimum Gasteiger partial charge on any atom is -0.309 e. The fourth-order valence-electron chi connectivity index (χ4n) is 16.0. The molecule has 0 N–H and O–H groups in total. The molecule has 0 amide bonds. The maximum absolute atomic E-state index is 5.63. The predicted octanol–water partition coefficient (Wildman–Crippen LogP) is 24.5. The van der Waals surface area contributed by atoms with Crippen molar-refractivity contribution in [3.05, 3.63) is 382 Å². The Balaban J connectivity index is 0.894. The van der Waals surface area contributed by atoms with E-state index in [9.17, 15) is 0 Å². The van der Waals surface area contributed by atoms with Crippen LogP contribution >= 0.6 is 0 Å². The van der Waals surface area contributed by atoms with Gasteiger partial charge in [0.1, 0.15) is 0 Å². The standard InChI is InChI=1S/C100H63N11/c1-7-29-64(30-8-1)85-63-86(102-94(101-85)65-31-9-2-10-32-65)74-61-81(70-41-27-43-75(57-70)109-87-49-23-19-45-77(87)78-46-20-24-50-88(78)109)93(82(62-74)71-42-28-44-76(58-71)110-89-51-25-21-47-79(89)80-48-22-26-52-90(80)110)111-91-55-53-72(99-105-95(66-33-11-3-12-34-66)103-96(106-99)67-35-13-4-14-36-67)59-83(91)84-60-73(54-56-92(84)111)100-107-97(68-37-15-5-16-38-68)104-98(108-100)69-39-17-6-18-40-69/h1-63H. The van der Waals surface area contributed by atoms with Gasteiger partial charge in [-0.3, -0.25) is 0 Å². The summed E-state index contributed by atoms with van der Waals surface area (Å²) < 4.78 is 7.29. The molecule has 15 aromatic carbocycles. The van der Waals surface area contributed by atoms with E-state index in [1.54, 1.807) is 0 Å². The van der Waals surface area contributed by atoms with E-state index in [0.717, 1.165) is 145 Å². The lowest BCUT2D eigenvalue weighted by molar-refractivity contribution is 1.07. The monoisotopic (exact) mass is 1420 g/mol. The Hall–Kier alpha value is -15.2. The molecule has 0 aliphatic rings. The summed E-state index contributed by atoms with van der Waals surface area (Å²) in [6, 6.07) is 134. The average Bonchev–Trinajstić information content (AvgIpc) is 1.62. The van der Waals surface area contributed by atoms with E-state index >= 15 is 0 Å². The van der Waals surface area contributed by atoms with E-state index in [4.69, 9.17) is 39.9 Å². The van der Waals surface area contributed by atoms with Crippen molar-refractivity contribution in [3.8, 4) is 142 Å². The first-order valence-corrected chi connectivity index (χ1v) is 37.2. The van der Waals surface area contributed by atoms with E-state index in [1.807, 2.05) is 146 Å². The summed E-state index contributed by atoms with van der Waals surface area (Å²) in [6.07, 6.45) is 0. The molecule has 0 atom stereocenters. The first kappa shape index (κ1) is 64.2. The van der Waals surface area contributed by atoms with Gasteiger partial charge in [-0.25, -0.2) is 39.9 Å². The van der Waals surface area contributed by atoms with Gasteiger partial charge < -0.3 is 13.7 Å². The van der Waals surface area contributed by atoms with Gasteiger partial charge in [0.15, 0.2) is 40.8 Å². The van der Waals surface area contributed by atoms with Crippen LogP contribution in [0.3, 0.4) is 0 Å². The van der Waals surface area contributed by atoms with E-state index in [-0.39, 0.29) is 0 Å². The minimum absolute atomic E-state index is 0.531. The highest BCUT2D eigenvalue weighted by atomic mass is 15.1. The molecule has 0 aliphatic carbocycles. The zero-order chi connectivity index (χ0) is 73.3. The molecule has 0 aliphatic heterocycles. The summed E-state index contributed by atoms with van der Waals surface area (Å²) in [5.74, 6) is 3.95. The van der Waals surface area contributed by atoms with Gasteiger partial charge in [0, 0.05) is 105 Å². The number of nitrogens with zero attached hydrogens (tertiary/aromatic N) is 11. The fraction of sp³-hybridized carbons (Fsp3) is 0. The van der Waals surface area contributed by atoms with Gasteiger partial charge in [0.25, 0.3) is 0 Å². The first-order valence-electron chi connectivity index (χ1n) is 37.2. The quantitative estimate of drug-likeness (QED) is 0.106. The number of benzene rings is 15. The summed E-state index contributed by atoms with van der Waals surface area (Å²) in [4.78, 5) is 42.7. The van der Waals surface area contributed by atoms with Gasteiger partial charge >= 0.3 is 0 Å². The number of hydrogen-bond donors (Lipinski definition) is 0. The molecule has 0 bridgehead atoms. The Morgan fingerprint density at radius 2 is 0.423 bits per heavy atom. The summed E-state index contributed by atoms with van der Waals surface area (Å²) in [6.45, 7) is 0. The molecule has 6 aromatic heterocycles. The Kier molecular flexibility index (Phi) is 15.6. The summed E-state index contributed by atoms with van der Waals surface area (Å²) in [7, 11) is 0. The van der Waals surface area contributed by atoms with Crippen LogP contribution in [-0.2, 0) is 0 Å². The third-order valence-electron chi connectivity index (χ3n) is 21.1. The van der Waals surface area contributed by atoms with Crippen molar-refractivity contribution in [3.63, 3.8) is 0 Å². The smallest absolute Gasteiger partial charge is 0.164 e. The Morgan fingerprint density at radius 3 is 0.766 bits per heavy atom. The molecule has 0 saturated heterocycles. The van der Waals surface area contributed by atoms with Gasteiger partial charge in [0.2, 0.25) is 0 Å². The average molecular weight is 1420 g/mol. The van der Waals surface area contributed by atoms with E-state index in [2.05, 4.69) is 250 Å². The molecule has 21 aromatic rings. The lowest BCUT2D eigenvalue weighted by atomic mass is 9.91. The molecule has 11 heteroatoms. The van der Waals surface area contributed by atoms with Crippen LogP contribution in [0.4, 0.5) is 0 Å². The molecular weight excluding hydrogens is 1360 g/mol. The lowest BCUT2D eigenvalue weighted by Crippen LogP contribution is -2.04. The maximum atomic E-state index is 5.63. The normalized spacial score (nSPS) is 11.6. The van der Waals surface area contributed by atoms with Gasteiger partial charge in [-0.1, -0.05) is 279 Å². The van der Waals surface area contributed by atoms with Crippen LogP contribution in [-0.4, -0.2) is 53.6 Å². The van der Waals surface area contributed by atoms with Crippen LogP contribution < -0.4 is 0 Å². The molecule has 0 spiro atoms. The van der Waals surface area contributed by atoms with Crippen LogP contribution in [0, 0.1) is 0 Å². The van der Waals surface area contributed by atoms with E-state index < -0.39 is 0 Å². The van der Waals surface area contributed by atoms with Gasteiger partial charge in [-0.2, -0.15) is 0 Å². The van der Waals surface area contributed by atoms with Crippen molar-refractivity contribution in [1.29, 1.82) is 0 Å². The Labute approximate surface area is 638 Å². The fourth-order valence-corrected chi connectivity index (χ4v) is 16.0. The number of aromatic nitrogens is 11. The zero-order valence-corrected chi connectivity index (χ0v) is 59.8. The molecule has 0 unspecified atom stereocenters. The number of para-hydroxylation sites is 4. The highest BCUT2D eigenvalue weighted by Crippen LogP contribution is 2.48. The van der Waals surface area contributed by atoms with Crippen LogP contribution in [0.1, 0.15) is 0 Å². The molecule has 0 fully saturated rings. The highest BCUT2D eigenvalue weighted by Gasteiger charge is 2.27. The summed E-state index contributed by atoms with van der Waals surface area (Å²) in [5, 5.41) is 6.61. The molecule has 11 nitrogen and oxygen atoms in total.